The van der Waals surface area contributed by atoms with E-state index in [-0.39, 0.29) is 6.03 Å². The molecule has 2 aromatic carbocycles. The van der Waals surface area contributed by atoms with Crippen molar-refractivity contribution in [2.45, 2.75) is 26.8 Å². The average molecular weight is 325 g/mol. The Bertz CT molecular complexity index is 714. The first-order chi connectivity index (χ1) is 11.5. The van der Waals surface area contributed by atoms with Crippen LogP contribution >= 0.6 is 0 Å². The van der Waals surface area contributed by atoms with Gasteiger partial charge in [0.2, 0.25) is 5.91 Å². The first-order valence-electron chi connectivity index (χ1n) is 8.01. The molecule has 0 saturated carbocycles. The van der Waals surface area contributed by atoms with Crippen LogP contribution in [0.15, 0.2) is 48.5 Å². The van der Waals surface area contributed by atoms with Crippen molar-refractivity contribution in [2.75, 3.05) is 11.9 Å². The van der Waals surface area contributed by atoms with Crippen LogP contribution < -0.4 is 11.1 Å². The maximum absolute atomic E-state index is 12.6. The predicted molar refractivity (Wildman–Crippen MR) is 95.9 cm³/mol. The van der Waals surface area contributed by atoms with Gasteiger partial charge in [0.15, 0.2) is 0 Å². The lowest BCUT2D eigenvalue weighted by Gasteiger charge is -2.23. The van der Waals surface area contributed by atoms with E-state index < -0.39 is 5.91 Å². The highest BCUT2D eigenvalue weighted by Crippen LogP contribution is 2.16. The molecule has 126 valence electrons. The van der Waals surface area contributed by atoms with Gasteiger partial charge in [0.25, 0.3) is 0 Å². The zero-order valence-corrected chi connectivity index (χ0v) is 14.1. The summed E-state index contributed by atoms with van der Waals surface area (Å²) in [5.74, 6) is -0.470. The summed E-state index contributed by atoms with van der Waals surface area (Å²) in [6, 6.07) is 14.8. The van der Waals surface area contributed by atoms with Crippen molar-refractivity contribution in [1.29, 1.82) is 0 Å². The maximum atomic E-state index is 12.6. The minimum absolute atomic E-state index is 0.160. The van der Waals surface area contributed by atoms with Gasteiger partial charge in [-0.1, -0.05) is 37.3 Å². The lowest BCUT2D eigenvalue weighted by atomic mass is 10.1. The molecule has 3 amide bonds. The van der Waals surface area contributed by atoms with E-state index in [1.807, 2.05) is 37.3 Å². The van der Waals surface area contributed by atoms with Gasteiger partial charge in [0.1, 0.15) is 0 Å². The van der Waals surface area contributed by atoms with E-state index in [1.165, 1.54) is 0 Å². The largest absolute Gasteiger partial charge is 0.366 e. The second-order valence-corrected chi connectivity index (χ2v) is 5.73. The number of hydrogen-bond acceptors (Lipinski definition) is 2. The Balaban J connectivity index is 2.10. The van der Waals surface area contributed by atoms with Crippen molar-refractivity contribution in [3.8, 4) is 0 Å². The van der Waals surface area contributed by atoms with Crippen LogP contribution in [0.2, 0.25) is 0 Å². The van der Waals surface area contributed by atoms with Gasteiger partial charge in [-0.15, -0.1) is 0 Å². The molecular weight excluding hydrogens is 302 g/mol. The molecule has 5 nitrogen and oxygen atoms in total. The van der Waals surface area contributed by atoms with E-state index in [9.17, 15) is 9.59 Å². The Labute approximate surface area is 142 Å². The van der Waals surface area contributed by atoms with Gasteiger partial charge in [-0.2, -0.15) is 0 Å². The number of aryl methyl sites for hydroxylation is 1. The van der Waals surface area contributed by atoms with Crippen molar-refractivity contribution in [2.24, 2.45) is 5.73 Å². The third kappa shape index (κ3) is 4.59. The molecule has 0 aromatic heterocycles. The number of urea groups is 1. The molecule has 0 radical (unpaired) electrons. The van der Waals surface area contributed by atoms with E-state index in [0.29, 0.717) is 24.3 Å². The van der Waals surface area contributed by atoms with Gasteiger partial charge in [0.05, 0.1) is 0 Å². The second kappa shape index (κ2) is 8.15. The Morgan fingerprint density at radius 3 is 2.42 bits per heavy atom. The molecule has 0 aliphatic carbocycles. The molecule has 24 heavy (non-hydrogen) atoms. The SMILES string of the molecule is CCCN(Cc1ccccc1)C(=O)Nc1ccc(C(N)=O)c(C)c1. The number of primary amides is 1. The maximum Gasteiger partial charge on any atom is 0.322 e. The van der Waals surface area contributed by atoms with E-state index >= 15 is 0 Å². The summed E-state index contributed by atoms with van der Waals surface area (Å²) >= 11 is 0. The zero-order valence-electron chi connectivity index (χ0n) is 14.1. The van der Waals surface area contributed by atoms with Gasteiger partial charge < -0.3 is 16.0 Å². The Kier molecular flexibility index (Phi) is 5.95. The molecule has 2 aromatic rings. The highest BCUT2D eigenvalue weighted by molar-refractivity contribution is 5.96. The lowest BCUT2D eigenvalue weighted by Crippen LogP contribution is -2.35. The van der Waals surface area contributed by atoms with Gasteiger partial charge >= 0.3 is 6.03 Å². The van der Waals surface area contributed by atoms with Gasteiger partial charge in [-0.25, -0.2) is 4.79 Å². The zero-order chi connectivity index (χ0) is 17.5. The quantitative estimate of drug-likeness (QED) is 0.852. The van der Waals surface area contributed by atoms with Crippen LogP contribution in [0.25, 0.3) is 0 Å². The highest BCUT2D eigenvalue weighted by Gasteiger charge is 2.14. The number of anilines is 1. The highest BCUT2D eigenvalue weighted by atomic mass is 16.2. The van der Waals surface area contributed by atoms with Crippen molar-refractivity contribution >= 4 is 17.6 Å². The molecule has 0 unspecified atom stereocenters. The van der Waals surface area contributed by atoms with Crippen LogP contribution in [-0.2, 0) is 6.54 Å². The summed E-state index contributed by atoms with van der Waals surface area (Å²) in [5, 5.41) is 2.89. The lowest BCUT2D eigenvalue weighted by molar-refractivity contribution is 0.0999. The molecule has 5 heteroatoms. The number of nitrogens with one attached hydrogen (secondary N) is 1. The topological polar surface area (TPSA) is 75.4 Å². The van der Waals surface area contributed by atoms with Crippen LogP contribution in [0.1, 0.15) is 34.8 Å². The van der Waals surface area contributed by atoms with Crippen molar-refractivity contribution < 1.29 is 9.59 Å². The fourth-order valence-electron chi connectivity index (χ4n) is 2.55. The molecule has 3 N–H and O–H groups in total. The molecule has 0 aliphatic rings. The standard InChI is InChI=1S/C19H23N3O2/c1-3-11-22(13-15-7-5-4-6-8-15)19(24)21-16-9-10-17(18(20)23)14(2)12-16/h4-10,12H,3,11,13H2,1-2H3,(H2,20,23)(H,21,24). The van der Waals surface area contributed by atoms with Crippen molar-refractivity contribution in [3.63, 3.8) is 0 Å². The Hall–Kier alpha value is -2.82. The number of benzene rings is 2. The van der Waals surface area contributed by atoms with Crippen molar-refractivity contribution in [3.05, 3.63) is 65.2 Å². The van der Waals surface area contributed by atoms with E-state index in [1.54, 1.807) is 30.0 Å². The molecule has 2 rings (SSSR count). The van der Waals surface area contributed by atoms with E-state index in [2.05, 4.69) is 5.32 Å². The fourth-order valence-corrected chi connectivity index (χ4v) is 2.55. The molecule has 0 atom stereocenters. The first kappa shape index (κ1) is 17.5. The monoisotopic (exact) mass is 325 g/mol. The van der Waals surface area contributed by atoms with Crippen LogP contribution in [0.3, 0.4) is 0 Å². The molecule has 0 bridgehead atoms. The fraction of sp³-hybridized carbons (Fsp3) is 0.263. The molecule has 0 fully saturated rings. The third-order valence-corrected chi connectivity index (χ3v) is 3.74. The number of carbonyl (C=O) groups excluding carboxylic acids is 2. The number of rotatable bonds is 6. The van der Waals surface area contributed by atoms with Gasteiger partial charge in [-0.3, -0.25) is 4.79 Å². The summed E-state index contributed by atoms with van der Waals surface area (Å²) < 4.78 is 0. The van der Waals surface area contributed by atoms with Crippen molar-refractivity contribution in [1.82, 2.24) is 4.90 Å². The van der Waals surface area contributed by atoms with Crippen LogP contribution in [-0.4, -0.2) is 23.4 Å². The Morgan fingerprint density at radius 1 is 1.12 bits per heavy atom. The summed E-state index contributed by atoms with van der Waals surface area (Å²) in [6.07, 6.45) is 0.875. The molecule has 0 saturated heterocycles. The average Bonchev–Trinajstić information content (AvgIpc) is 2.55. The van der Waals surface area contributed by atoms with E-state index in [4.69, 9.17) is 5.73 Å². The Morgan fingerprint density at radius 2 is 1.83 bits per heavy atom. The van der Waals surface area contributed by atoms with Gasteiger partial charge in [0, 0.05) is 24.3 Å². The number of carbonyl (C=O) groups is 2. The summed E-state index contributed by atoms with van der Waals surface area (Å²) in [5.41, 5.74) is 8.24. The second-order valence-electron chi connectivity index (χ2n) is 5.73. The number of nitrogens with two attached hydrogens (primary N) is 1. The van der Waals surface area contributed by atoms with E-state index in [0.717, 1.165) is 17.5 Å². The van der Waals surface area contributed by atoms with Crippen LogP contribution in [0.4, 0.5) is 10.5 Å². The number of hydrogen-bond donors (Lipinski definition) is 2. The summed E-state index contributed by atoms with van der Waals surface area (Å²) in [4.78, 5) is 25.6. The molecular formula is C19H23N3O2. The number of amides is 3. The van der Waals surface area contributed by atoms with Gasteiger partial charge in [-0.05, 0) is 42.7 Å². The minimum Gasteiger partial charge on any atom is -0.366 e. The minimum atomic E-state index is -0.470. The smallest absolute Gasteiger partial charge is 0.322 e. The molecule has 0 spiro atoms. The normalized spacial score (nSPS) is 10.2. The van der Waals surface area contributed by atoms with Crippen LogP contribution in [0, 0.1) is 6.92 Å². The molecule has 0 aliphatic heterocycles. The summed E-state index contributed by atoms with van der Waals surface area (Å²) in [6.45, 7) is 5.05. The predicted octanol–water partition coefficient (Wildman–Crippen LogP) is 3.54. The third-order valence-electron chi connectivity index (χ3n) is 3.74. The van der Waals surface area contributed by atoms with Crippen LogP contribution in [0.5, 0.6) is 0 Å². The molecule has 0 heterocycles. The number of nitrogens with zero attached hydrogens (tertiary/aromatic N) is 1. The first-order valence-corrected chi connectivity index (χ1v) is 8.01. The summed E-state index contributed by atoms with van der Waals surface area (Å²) in [7, 11) is 0.